The Morgan fingerprint density at radius 1 is 0.333 bits per heavy atom. The Bertz CT molecular complexity index is 775. The highest BCUT2D eigenvalue weighted by Gasteiger charge is 1.94. The molecular weight excluding hydrogens is 773 g/mol. The number of unbranched alkanes of at least 4 members (excludes halogenated alkanes) is 15. The molecule has 0 rings (SSSR count). The van der Waals surface area contributed by atoms with Crippen LogP contribution in [0.5, 0.6) is 0 Å². The van der Waals surface area contributed by atoms with Crippen molar-refractivity contribution in [1.29, 1.82) is 0 Å². The molecule has 362 valence electrons. The minimum atomic E-state index is -0.833. The van der Waals surface area contributed by atoms with E-state index in [9.17, 15) is 19.2 Å². The first-order chi connectivity index (χ1) is 28.5. The summed E-state index contributed by atoms with van der Waals surface area (Å²) < 4.78 is 0. The molecule has 0 saturated heterocycles. The molecule has 18 nitrogen and oxygen atoms in total. The molecule has 20 N–H and O–H groups in total. The quantitative estimate of drug-likeness (QED) is 0.0479. The van der Waals surface area contributed by atoms with E-state index in [-0.39, 0.29) is 23.6 Å². The molecular formula is C42H98N10O8+2. The Morgan fingerprint density at radius 3 is 0.617 bits per heavy atom. The zero-order valence-electron chi connectivity index (χ0n) is 39.3. The van der Waals surface area contributed by atoms with Gasteiger partial charge in [-0.1, -0.05) is 51.4 Å². The van der Waals surface area contributed by atoms with Crippen LogP contribution in [0.3, 0.4) is 0 Å². The van der Waals surface area contributed by atoms with E-state index < -0.39 is 11.9 Å². The van der Waals surface area contributed by atoms with Gasteiger partial charge in [0.15, 0.2) is 0 Å². The number of hydrogen-bond donors (Lipinski definition) is 12. The standard InChI is InChI=1S/4C8H18N2O.C6H16N2.2C2H4O2/c4*1-8(11)10-7-5-3-2-4-6-9;7-5-3-1-2-4-6-8;2*1-2(3)4/h4*2-7,9H2,1H3,(H,10,11);1-8H2;2*1H3,(H,3,4)/p+2. The number of hydrogen-bond acceptors (Lipinski definition) is 10. The van der Waals surface area contributed by atoms with Crippen LogP contribution in [0.1, 0.15) is 170 Å². The second-order valence-corrected chi connectivity index (χ2v) is 13.9. The topological polar surface area (TPSA) is 350 Å². The van der Waals surface area contributed by atoms with Gasteiger partial charge < -0.3 is 65.9 Å². The van der Waals surface area contributed by atoms with Crippen LogP contribution in [0.2, 0.25) is 0 Å². The van der Waals surface area contributed by atoms with Crippen molar-refractivity contribution in [3.8, 4) is 0 Å². The van der Waals surface area contributed by atoms with E-state index in [1.54, 1.807) is 27.7 Å². The van der Waals surface area contributed by atoms with Crippen LogP contribution in [-0.2, 0) is 28.8 Å². The summed E-state index contributed by atoms with van der Waals surface area (Å²) in [6.45, 7) is 16.9. The largest absolute Gasteiger partial charge is 0.481 e. The molecule has 0 aromatic heterocycles. The van der Waals surface area contributed by atoms with Gasteiger partial charge in [-0.3, -0.25) is 28.8 Å². The maximum atomic E-state index is 10.4. The fourth-order valence-corrected chi connectivity index (χ4v) is 4.26. The number of aliphatic carboxylic acids is 2. The molecule has 0 atom stereocenters. The predicted molar refractivity (Wildman–Crippen MR) is 245 cm³/mol. The molecule has 0 bridgehead atoms. The highest BCUT2D eigenvalue weighted by molar-refractivity contribution is 5.73. The van der Waals surface area contributed by atoms with Crippen LogP contribution in [-0.4, -0.2) is 111 Å². The number of carbonyl (C=O) groups is 6. The second kappa shape index (κ2) is 70.2. The molecule has 60 heavy (non-hydrogen) atoms. The lowest BCUT2D eigenvalue weighted by Gasteiger charge is -2.00. The summed E-state index contributed by atoms with van der Waals surface area (Å²) in [5.74, 6) is -1.41. The fraction of sp³-hybridized carbons (Fsp3) is 0.857. The van der Waals surface area contributed by atoms with Crippen molar-refractivity contribution in [1.82, 2.24) is 21.3 Å². The highest BCUT2D eigenvalue weighted by Crippen LogP contribution is 1.99. The number of nitrogens with two attached hydrogens (primary N) is 4. The summed E-state index contributed by atoms with van der Waals surface area (Å²) in [6.07, 6.45) is 23.3. The molecule has 0 unspecified atom stereocenters. The molecule has 0 aromatic rings. The van der Waals surface area contributed by atoms with Gasteiger partial charge in [0.25, 0.3) is 11.9 Å². The van der Waals surface area contributed by atoms with Crippen molar-refractivity contribution in [2.24, 2.45) is 22.9 Å². The number of quaternary nitrogens is 2. The summed E-state index contributed by atoms with van der Waals surface area (Å²) >= 11 is 0. The third-order valence-corrected chi connectivity index (χ3v) is 7.27. The molecule has 18 heteroatoms. The van der Waals surface area contributed by atoms with Crippen molar-refractivity contribution in [3.63, 3.8) is 0 Å². The number of carboxylic acids is 2. The minimum absolute atomic E-state index is 0.0591. The molecule has 0 aromatic carbocycles. The van der Waals surface area contributed by atoms with Gasteiger partial charge in [0.1, 0.15) is 0 Å². The summed E-state index contributed by atoms with van der Waals surface area (Å²) in [6, 6.07) is 0. The van der Waals surface area contributed by atoms with Gasteiger partial charge in [0.05, 0.1) is 13.1 Å². The smallest absolute Gasteiger partial charge is 0.300 e. The molecule has 0 fully saturated rings. The van der Waals surface area contributed by atoms with E-state index in [1.807, 2.05) is 0 Å². The number of carbonyl (C=O) groups excluding carboxylic acids is 4. The summed E-state index contributed by atoms with van der Waals surface area (Å²) in [7, 11) is 0. The zero-order chi connectivity index (χ0) is 47.5. The zero-order valence-corrected chi connectivity index (χ0v) is 39.3. The lowest BCUT2D eigenvalue weighted by Crippen LogP contribution is -2.50. The Kier molecular flexibility index (Phi) is 83.1. The summed E-state index contributed by atoms with van der Waals surface area (Å²) in [5.41, 5.74) is 28.7. The van der Waals surface area contributed by atoms with Gasteiger partial charge in [-0.25, -0.2) is 0 Å². The van der Waals surface area contributed by atoms with Crippen molar-refractivity contribution in [3.05, 3.63) is 0 Å². The summed E-state index contributed by atoms with van der Waals surface area (Å²) in [5, 5.41) is 25.9. The molecule has 0 spiro atoms. The van der Waals surface area contributed by atoms with E-state index in [0.717, 1.165) is 144 Å². The van der Waals surface area contributed by atoms with E-state index in [1.165, 1.54) is 64.2 Å². The average Bonchev–Trinajstić information content (AvgIpc) is 3.16. The first-order valence-electron chi connectivity index (χ1n) is 22.2. The van der Waals surface area contributed by atoms with Crippen LogP contribution >= 0.6 is 0 Å². The van der Waals surface area contributed by atoms with Crippen LogP contribution in [0.25, 0.3) is 0 Å². The van der Waals surface area contributed by atoms with Crippen molar-refractivity contribution >= 4 is 35.6 Å². The normalized spacial score (nSPS) is 9.20. The molecule has 0 aliphatic heterocycles. The first kappa shape index (κ1) is 71.1. The van der Waals surface area contributed by atoms with Crippen LogP contribution in [0.15, 0.2) is 0 Å². The lowest BCUT2D eigenvalue weighted by atomic mass is 10.2. The Balaban J connectivity index is -0.000000112. The lowest BCUT2D eigenvalue weighted by molar-refractivity contribution is -0.368. The fourth-order valence-electron chi connectivity index (χ4n) is 4.26. The monoisotopic (exact) mass is 871 g/mol. The Labute approximate surface area is 365 Å². The van der Waals surface area contributed by atoms with Gasteiger partial charge in [0.2, 0.25) is 23.6 Å². The van der Waals surface area contributed by atoms with E-state index >= 15 is 0 Å². The third-order valence-electron chi connectivity index (χ3n) is 7.27. The predicted octanol–water partition coefficient (Wildman–Crippen LogP) is 1.78. The number of amides is 4. The SMILES string of the molecule is CC(=O)NCCCCCCN.CC(=O)NCCCCCCN.CC(=O)NCCCCCC[NH3+].CC(=O)NCCCCCC[NH3+].CC(=O)O.CC(=O)O.NCCCCCCN. The number of nitrogens with one attached hydrogen (secondary N) is 4. The third kappa shape index (κ3) is 139. The van der Waals surface area contributed by atoms with E-state index in [0.29, 0.717) is 0 Å². The highest BCUT2D eigenvalue weighted by atomic mass is 16.4. The first-order valence-corrected chi connectivity index (χ1v) is 22.2. The maximum absolute atomic E-state index is 10.4. The van der Waals surface area contributed by atoms with Crippen molar-refractivity contribution in [2.45, 2.75) is 170 Å². The van der Waals surface area contributed by atoms with Gasteiger partial charge in [-0.2, -0.15) is 0 Å². The van der Waals surface area contributed by atoms with Crippen LogP contribution in [0, 0.1) is 0 Å². The minimum Gasteiger partial charge on any atom is -0.481 e. The molecule has 0 saturated carbocycles. The second-order valence-electron chi connectivity index (χ2n) is 13.9. The van der Waals surface area contributed by atoms with Gasteiger partial charge in [-0.05, 0) is 103 Å². The molecule has 0 aliphatic rings. The van der Waals surface area contributed by atoms with Gasteiger partial charge in [-0.15, -0.1) is 0 Å². The number of rotatable bonds is 29. The van der Waals surface area contributed by atoms with Crippen molar-refractivity contribution in [2.75, 3.05) is 65.4 Å². The average molecular weight is 871 g/mol. The molecule has 4 amide bonds. The maximum Gasteiger partial charge on any atom is 0.300 e. The van der Waals surface area contributed by atoms with Crippen LogP contribution in [0.4, 0.5) is 0 Å². The van der Waals surface area contributed by atoms with Gasteiger partial charge in [0, 0.05) is 67.7 Å². The van der Waals surface area contributed by atoms with E-state index in [2.05, 4.69) is 32.7 Å². The molecule has 0 radical (unpaired) electrons. The molecule has 0 aliphatic carbocycles. The summed E-state index contributed by atoms with van der Waals surface area (Å²) in [4.78, 5) is 59.6. The van der Waals surface area contributed by atoms with E-state index in [4.69, 9.17) is 42.7 Å². The number of carboxylic acid groups (broad SMARTS) is 2. The van der Waals surface area contributed by atoms with Crippen molar-refractivity contribution < 1.29 is 50.4 Å². The Morgan fingerprint density at radius 2 is 0.483 bits per heavy atom. The van der Waals surface area contributed by atoms with Crippen LogP contribution < -0.4 is 55.7 Å². The molecule has 0 heterocycles. The van der Waals surface area contributed by atoms with Gasteiger partial charge >= 0.3 is 0 Å². The Hall–Kier alpha value is -3.42.